The summed E-state index contributed by atoms with van der Waals surface area (Å²) in [6.07, 6.45) is -2.40. The van der Waals surface area contributed by atoms with Crippen molar-refractivity contribution in [3.63, 3.8) is 0 Å². The number of nitrogens with one attached hydrogen (secondary N) is 1. The van der Waals surface area contributed by atoms with Gasteiger partial charge in [0.2, 0.25) is 6.29 Å². The van der Waals surface area contributed by atoms with Crippen LogP contribution in [0.1, 0.15) is 27.7 Å². The number of rotatable bonds is 8. The molecular formula is C12H25FN2O4. The van der Waals surface area contributed by atoms with Crippen LogP contribution in [0.3, 0.4) is 0 Å². The van der Waals surface area contributed by atoms with Crippen LogP contribution in [-0.2, 0) is 14.2 Å². The van der Waals surface area contributed by atoms with E-state index in [-0.39, 0.29) is 31.9 Å². The molecule has 0 aliphatic heterocycles. The maximum absolute atomic E-state index is 12.7. The van der Waals surface area contributed by atoms with Crippen LogP contribution in [0.2, 0.25) is 0 Å². The molecule has 3 N–H and O–H groups in total. The second kappa shape index (κ2) is 9.06. The predicted octanol–water partition coefficient (Wildman–Crippen LogP) is 1.19. The summed E-state index contributed by atoms with van der Waals surface area (Å²) in [6, 6.07) is 0. The van der Waals surface area contributed by atoms with Crippen molar-refractivity contribution in [2.75, 3.05) is 26.4 Å². The Morgan fingerprint density at radius 1 is 1.37 bits per heavy atom. The predicted molar refractivity (Wildman–Crippen MR) is 69.6 cm³/mol. The number of nitrogens with two attached hydrogens (primary N) is 1. The van der Waals surface area contributed by atoms with Crippen LogP contribution in [0.25, 0.3) is 0 Å². The fourth-order valence-electron chi connectivity index (χ4n) is 1.07. The lowest BCUT2D eigenvalue weighted by atomic mass is 10.1. The molecule has 2 atom stereocenters. The molecule has 0 fully saturated rings. The summed E-state index contributed by atoms with van der Waals surface area (Å²) in [6.45, 7) is 7.44. The van der Waals surface area contributed by atoms with Crippen LogP contribution in [-0.4, -0.2) is 50.5 Å². The fourth-order valence-corrected chi connectivity index (χ4v) is 1.07. The number of amides is 1. The monoisotopic (exact) mass is 280 g/mol. The summed E-state index contributed by atoms with van der Waals surface area (Å²) < 4.78 is 27.8. The lowest BCUT2D eigenvalue weighted by molar-refractivity contribution is -0.106. The zero-order valence-corrected chi connectivity index (χ0v) is 12.1. The van der Waals surface area contributed by atoms with E-state index in [4.69, 9.17) is 19.9 Å². The van der Waals surface area contributed by atoms with Crippen LogP contribution in [0, 0.1) is 0 Å². The van der Waals surface area contributed by atoms with Crippen molar-refractivity contribution in [1.29, 1.82) is 0 Å². The Balaban J connectivity index is 3.59. The molecule has 0 bridgehead atoms. The van der Waals surface area contributed by atoms with Crippen molar-refractivity contribution < 1.29 is 23.4 Å². The minimum Gasteiger partial charge on any atom is -0.420 e. The normalized spacial score (nSPS) is 14.8. The summed E-state index contributed by atoms with van der Waals surface area (Å²) in [5, 5.41) is 2.64. The molecule has 0 heterocycles. The van der Waals surface area contributed by atoms with E-state index in [2.05, 4.69) is 5.32 Å². The maximum Gasteiger partial charge on any atom is 0.409 e. The van der Waals surface area contributed by atoms with E-state index in [0.717, 1.165) is 0 Å². The highest BCUT2D eigenvalue weighted by Gasteiger charge is 2.16. The molecule has 0 aliphatic carbocycles. The molecule has 0 spiro atoms. The van der Waals surface area contributed by atoms with Gasteiger partial charge in [-0.2, -0.15) is 0 Å². The lowest BCUT2D eigenvalue weighted by Gasteiger charge is -2.22. The van der Waals surface area contributed by atoms with E-state index in [9.17, 15) is 9.18 Å². The molecule has 0 radical (unpaired) electrons. The largest absolute Gasteiger partial charge is 0.420 e. The third-order valence-electron chi connectivity index (χ3n) is 1.88. The number of carbonyl (C=O) groups excluding carboxylic acids is 1. The second-order valence-corrected chi connectivity index (χ2v) is 5.13. The van der Waals surface area contributed by atoms with E-state index >= 15 is 0 Å². The highest BCUT2D eigenvalue weighted by molar-refractivity contribution is 5.68. The van der Waals surface area contributed by atoms with Gasteiger partial charge in [-0.15, -0.1) is 0 Å². The van der Waals surface area contributed by atoms with Gasteiger partial charge < -0.3 is 25.3 Å². The van der Waals surface area contributed by atoms with Gasteiger partial charge in [-0.05, 0) is 27.7 Å². The van der Waals surface area contributed by atoms with Gasteiger partial charge in [0.1, 0.15) is 6.17 Å². The molecule has 7 heteroatoms. The molecule has 2 unspecified atom stereocenters. The Hall–Kier alpha value is -0.920. The van der Waals surface area contributed by atoms with Crippen LogP contribution in [0.5, 0.6) is 0 Å². The lowest BCUT2D eigenvalue weighted by Crippen LogP contribution is -2.42. The van der Waals surface area contributed by atoms with Gasteiger partial charge >= 0.3 is 6.09 Å². The van der Waals surface area contributed by atoms with Crippen molar-refractivity contribution in [2.24, 2.45) is 5.73 Å². The van der Waals surface area contributed by atoms with E-state index in [1.807, 2.05) is 20.8 Å². The second-order valence-electron chi connectivity index (χ2n) is 5.13. The smallest absolute Gasteiger partial charge is 0.409 e. The third kappa shape index (κ3) is 11.9. The van der Waals surface area contributed by atoms with Gasteiger partial charge in [-0.3, -0.25) is 0 Å². The first-order valence-electron chi connectivity index (χ1n) is 6.27. The molecule has 0 rings (SSSR count). The first kappa shape index (κ1) is 18.1. The molecule has 0 aliphatic rings. The Kier molecular flexibility index (Phi) is 8.62. The van der Waals surface area contributed by atoms with Gasteiger partial charge in [-0.25, -0.2) is 9.18 Å². The highest BCUT2D eigenvalue weighted by atomic mass is 19.1. The van der Waals surface area contributed by atoms with Crippen molar-refractivity contribution in [3.05, 3.63) is 0 Å². The number of hydrogen-bond acceptors (Lipinski definition) is 5. The average molecular weight is 280 g/mol. The van der Waals surface area contributed by atoms with Crippen molar-refractivity contribution in [3.8, 4) is 0 Å². The molecule has 0 aromatic heterocycles. The Labute approximate surface area is 113 Å². The first-order chi connectivity index (χ1) is 8.74. The molecule has 6 nitrogen and oxygen atoms in total. The zero-order chi connectivity index (χ0) is 14.9. The van der Waals surface area contributed by atoms with Gasteiger partial charge in [0.15, 0.2) is 0 Å². The summed E-state index contributed by atoms with van der Waals surface area (Å²) >= 11 is 0. The fraction of sp³-hybridized carbons (Fsp3) is 0.917. The van der Waals surface area contributed by atoms with E-state index < -0.39 is 18.6 Å². The molecule has 0 saturated carbocycles. The van der Waals surface area contributed by atoms with Crippen LogP contribution in [0.15, 0.2) is 0 Å². The number of alkyl carbamates (subject to hydrolysis) is 1. The summed E-state index contributed by atoms with van der Waals surface area (Å²) in [5.41, 5.74) is 4.73. The number of carbonyl (C=O) groups is 1. The molecule has 0 aromatic carbocycles. The third-order valence-corrected chi connectivity index (χ3v) is 1.88. The van der Waals surface area contributed by atoms with Crippen molar-refractivity contribution >= 4 is 6.09 Å². The molecule has 114 valence electrons. The summed E-state index contributed by atoms with van der Waals surface area (Å²) in [5.74, 6) is 0. The van der Waals surface area contributed by atoms with Gasteiger partial charge in [0, 0.05) is 12.1 Å². The molecular weight excluding hydrogens is 255 g/mol. The number of alkyl halides is 1. The minimum atomic E-state index is -1.16. The zero-order valence-electron chi connectivity index (χ0n) is 12.1. The van der Waals surface area contributed by atoms with Crippen LogP contribution < -0.4 is 11.1 Å². The number of ether oxygens (including phenoxy) is 3. The Morgan fingerprint density at radius 3 is 2.53 bits per heavy atom. The maximum atomic E-state index is 12.7. The van der Waals surface area contributed by atoms with E-state index in [0.29, 0.717) is 0 Å². The van der Waals surface area contributed by atoms with Crippen LogP contribution in [0.4, 0.5) is 9.18 Å². The van der Waals surface area contributed by atoms with Gasteiger partial charge in [-0.1, -0.05) is 0 Å². The SMILES string of the molecule is CC(OCCOCC(F)CN)OC(=O)NC(C)(C)C. The quantitative estimate of drug-likeness (QED) is 0.515. The molecule has 0 saturated heterocycles. The standard InChI is InChI=1S/C12H25FN2O4/c1-9(19-11(16)15-12(2,3)4)18-6-5-17-8-10(13)7-14/h9-10H,5-8,14H2,1-4H3,(H,15,16). The first-order valence-corrected chi connectivity index (χ1v) is 6.27. The number of halogens is 1. The topological polar surface area (TPSA) is 82.8 Å². The van der Waals surface area contributed by atoms with E-state index in [1.165, 1.54) is 0 Å². The van der Waals surface area contributed by atoms with Gasteiger partial charge in [0.05, 0.1) is 19.8 Å². The molecule has 1 amide bonds. The highest BCUT2D eigenvalue weighted by Crippen LogP contribution is 2.01. The molecule has 0 aromatic rings. The van der Waals surface area contributed by atoms with E-state index in [1.54, 1.807) is 6.92 Å². The van der Waals surface area contributed by atoms with Crippen LogP contribution >= 0.6 is 0 Å². The Morgan fingerprint density at radius 2 is 2.00 bits per heavy atom. The minimum absolute atomic E-state index is 0.0559. The number of hydrogen-bond donors (Lipinski definition) is 2. The Bertz CT molecular complexity index is 259. The average Bonchev–Trinajstić information content (AvgIpc) is 2.25. The van der Waals surface area contributed by atoms with Gasteiger partial charge in [0.25, 0.3) is 0 Å². The van der Waals surface area contributed by atoms with Crippen molar-refractivity contribution in [2.45, 2.75) is 45.7 Å². The summed E-state index contributed by atoms with van der Waals surface area (Å²) in [4.78, 5) is 11.4. The van der Waals surface area contributed by atoms with Crippen molar-refractivity contribution in [1.82, 2.24) is 5.32 Å². The molecule has 19 heavy (non-hydrogen) atoms. The summed E-state index contributed by atoms with van der Waals surface area (Å²) in [7, 11) is 0.